The van der Waals surface area contributed by atoms with Gasteiger partial charge in [-0.1, -0.05) is 12.1 Å². The molecule has 0 aliphatic carbocycles. The molecule has 0 saturated carbocycles. The summed E-state index contributed by atoms with van der Waals surface area (Å²) in [4.78, 5) is 27.1. The Morgan fingerprint density at radius 3 is 2.72 bits per heavy atom. The lowest BCUT2D eigenvalue weighted by atomic mass is 9.89. The minimum absolute atomic E-state index is 0.0798. The molecule has 3 rings (SSSR count). The molecule has 3 amide bonds. The van der Waals surface area contributed by atoms with Crippen LogP contribution in [0.1, 0.15) is 48.0 Å². The van der Waals surface area contributed by atoms with Crippen molar-refractivity contribution in [2.24, 2.45) is 0 Å². The van der Waals surface area contributed by atoms with Gasteiger partial charge >= 0.3 is 6.03 Å². The molecule has 1 atom stereocenters. The number of nitrogens with one attached hydrogen (secondary N) is 2. The van der Waals surface area contributed by atoms with E-state index in [1.807, 2.05) is 60.4 Å². The van der Waals surface area contributed by atoms with Gasteiger partial charge in [0.2, 0.25) is 0 Å². The van der Waals surface area contributed by atoms with Crippen LogP contribution in [0, 0.1) is 0 Å². The summed E-state index contributed by atoms with van der Waals surface area (Å²) in [5.74, 6) is 0.908. The van der Waals surface area contributed by atoms with Crippen molar-refractivity contribution >= 4 is 17.6 Å². The lowest BCUT2D eigenvalue weighted by Crippen LogP contribution is -2.41. The van der Waals surface area contributed by atoms with E-state index in [1.54, 1.807) is 7.11 Å². The number of likely N-dealkylation sites (tertiary alicyclic amines) is 1. The van der Waals surface area contributed by atoms with Crippen molar-refractivity contribution in [1.29, 1.82) is 0 Å². The Bertz CT molecular complexity index is 885. The zero-order chi connectivity index (χ0) is 22.8. The predicted molar refractivity (Wildman–Crippen MR) is 125 cm³/mol. The molecule has 0 aromatic heterocycles. The monoisotopic (exact) mass is 439 g/mol. The summed E-state index contributed by atoms with van der Waals surface area (Å²) < 4.78 is 10.5. The van der Waals surface area contributed by atoms with Crippen LogP contribution in [0.25, 0.3) is 0 Å². The lowest BCUT2D eigenvalue weighted by Gasteiger charge is -2.33. The van der Waals surface area contributed by atoms with Crippen molar-refractivity contribution in [2.75, 3.05) is 45.3 Å². The number of carbonyl (C=O) groups is 2. The molecule has 32 heavy (non-hydrogen) atoms. The van der Waals surface area contributed by atoms with Crippen LogP contribution in [0.2, 0.25) is 0 Å². The minimum atomic E-state index is -0.106. The first-order valence-corrected chi connectivity index (χ1v) is 11.3. The SMILES string of the molecule is CCOc1ccc(NC(=O)N2CCC[C@@H](c3cccc(C(=O)NCCCOC)c3)C2)cc1. The van der Waals surface area contributed by atoms with Crippen LogP contribution in [0.4, 0.5) is 10.5 Å². The Hall–Kier alpha value is -3.06. The van der Waals surface area contributed by atoms with E-state index in [-0.39, 0.29) is 17.9 Å². The van der Waals surface area contributed by atoms with Crippen LogP contribution in [0.15, 0.2) is 48.5 Å². The van der Waals surface area contributed by atoms with Crippen molar-refractivity contribution in [3.05, 3.63) is 59.7 Å². The summed E-state index contributed by atoms with van der Waals surface area (Å²) in [6, 6.07) is 15.0. The summed E-state index contributed by atoms with van der Waals surface area (Å²) in [5, 5.41) is 5.90. The fraction of sp³-hybridized carbons (Fsp3) is 0.440. The summed E-state index contributed by atoms with van der Waals surface area (Å²) in [6.45, 7) is 5.10. The molecular weight excluding hydrogens is 406 g/mol. The van der Waals surface area contributed by atoms with Crippen LogP contribution < -0.4 is 15.4 Å². The molecule has 7 nitrogen and oxygen atoms in total. The molecule has 1 saturated heterocycles. The number of nitrogens with zero attached hydrogens (tertiary/aromatic N) is 1. The second-order valence-electron chi connectivity index (χ2n) is 7.90. The fourth-order valence-corrected chi connectivity index (χ4v) is 3.89. The number of methoxy groups -OCH3 is 1. The van der Waals surface area contributed by atoms with Crippen molar-refractivity contribution in [3.8, 4) is 5.75 Å². The molecule has 7 heteroatoms. The Morgan fingerprint density at radius 1 is 1.16 bits per heavy atom. The molecule has 1 fully saturated rings. The zero-order valence-corrected chi connectivity index (χ0v) is 18.9. The van der Waals surface area contributed by atoms with Crippen LogP contribution in [0.3, 0.4) is 0 Å². The number of carbonyl (C=O) groups excluding carboxylic acids is 2. The van der Waals surface area contributed by atoms with Crippen molar-refractivity contribution in [3.63, 3.8) is 0 Å². The summed E-state index contributed by atoms with van der Waals surface area (Å²) in [7, 11) is 1.65. The highest BCUT2D eigenvalue weighted by Crippen LogP contribution is 2.28. The molecule has 172 valence electrons. The summed E-state index contributed by atoms with van der Waals surface area (Å²) >= 11 is 0. The molecule has 1 aliphatic heterocycles. The van der Waals surface area contributed by atoms with E-state index >= 15 is 0 Å². The number of piperidine rings is 1. The van der Waals surface area contributed by atoms with Crippen molar-refractivity contribution in [1.82, 2.24) is 10.2 Å². The summed E-state index contributed by atoms with van der Waals surface area (Å²) in [6.07, 6.45) is 2.70. The van der Waals surface area contributed by atoms with Crippen LogP contribution in [-0.4, -0.2) is 56.8 Å². The maximum Gasteiger partial charge on any atom is 0.321 e. The third-order valence-corrected chi connectivity index (χ3v) is 5.56. The second-order valence-corrected chi connectivity index (χ2v) is 7.90. The van der Waals surface area contributed by atoms with Gasteiger partial charge in [0, 0.05) is 50.5 Å². The molecule has 2 N–H and O–H groups in total. The average Bonchev–Trinajstić information content (AvgIpc) is 2.83. The number of ether oxygens (including phenoxy) is 2. The van der Waals surface area contributed by atoms with Gasteiger partial charge in [-0.15, -0.1) is 0 Å². The third-order valence-electron chi connectivity index (χ3n) is 5.56. The Labute approximate surface area is 190 Å². The third kappa shape index (κ3) is 6.72. The number of urea groups is 1. The van der Waals surface area contributed by atoms with E-state index in [2.05, 4.69) is 10.6 Å². The van der Waals surface area contributed by atoms with Gasteiger partial charge in [-0.3, -0.25) is 4.79 Å². The topological polar surface area (TPSA) is 79.9 Å². The lowest BCUT2D eigenvalue weighted by molar-refractivity contribution is 0.0948. The Kier molecular flexibility index (Phi) is 8.92. The molecule has 2 aromatic carbocycles. The van der Waals surface area contributed by atoms with E-state index in [1.165, 1.54) is 0 Å². The van der Waals surface area contributed by atoms with Crippen LogP contribution in [0.5, 0.6) is 5.75 Å². The fourth-order valence-electron chi connectivity index (χ4n) is 3.89. The molecule has 0 unspecified atom stereocenters. The van der Waals surface area contributed by atoms with Gasteiger partial charge in [0.05, 0.1) is 6.61 Å². The minimum Gasteiger partial charge on any atom is -0.494 e. The molecule has 0 spiro atoms. The molecule has 1 heterocycles. The quantitative estimate of drug-likeness (QED) is 0.572. The first-order valence-electron chi connectivity index (χ1n) is 11.3. The van der Waals surface area contributed by atoms with E-state index in [0.29, 0.717) is 31.9 Å². The maximum absolute atomic E-state index is 12.8. The van der Waals surface area contributed by atoms with E-state index in [0.717, 1.165) is 42.8 Å². The first kappa shape index (κ1) is 23.6. The van der Waals surface area contributed by atoms with E-state index < -0.39 is 0 Å². The smallest absolute Gasteiger partial charge is 0.321 e. The van der Waals surface area contributed by atoms with E-state index in [9.17, 15) is 9.59 Å². The predicted octanol–water partition coefficient (Wildman–Crippen LogP) is 4.26. The zero-order valence-electron chi connectivity index (χ0n) is 18.9. The van der Waals surface area contributed by atoms with Gasteiger partial charge in [0.15, 0.2) is 0 Å². The van der Waals surface area contributed by atoms with Gasteiger partial charge in [-0.2, -0.15) is 0 Å². The van der Waals surface area contributed by atoms with Gasteiger partial charge in [0.1, 0.15) is 5.75 Å². The molecule has 2 aromatic rings. The highest BCUT2D eigenvalue weighted by Gasteiger charge is 2.25. The number of amides is 3. The normalized spacial score (nSPS) is 15.8. The van der Waals surface area contributed by atoms with Crippen molar-refractivity contribution in [2.45, 2.75) is 32.1 Å². The van der Waals surface area contributed by atoms with Gasteiger partial charge in [-0.05, 0) is 68.1 Å². The van der Waals surface area contributed by atoms with Gasteiger partial charge < -0.3 is 25.0 Å². The largest absolute Gasteiger partial charge is 0.494 e. The molecule has 1 aliphatic rings. The van der Waals surface area contributed by atoms with Gasteiger partial charge in [0.25, 0.3) is 5.91 Å². The van der Waals surface area contributed by atoms with Crippen LogP contribution in [-0.2, 0) is 4.74 Å². The van der Waals surface area contributed by atoms with Crippen LogP contribution >= 0.6 is 0 Å². The number of benzene rings is 2. The molecule has 0 bridgehead atoms. The molecular formula is C25H33N3O4. The second kappa shape index (κ2) is 12.1. The number of hydrogen-bond donors (Lipinski definition) is 2. The first-order chi connectivity index (χ1) is 15.6. The standard InChI is InChI=1S/C25H33N3O4/c1-3-32-23-12-10-22(11-13-23)27-25(30)28-15-5-9-21(18-28)19-7-4-8-20(17-19)24(29)26-14-6-16-31-2/h4,7-8,10-13,17,21H,3,5-6,9,14-16,18H2,1-2H3,(H,26,29)(H,27,30)/t21-/m1/s1. The average molecular weight is 440 g/mol. The Balaban J connectivity index is 1.58. The number of anilines is 1. The molecule has 0 radical (unpaired) electrons. The highest BCUT2D eigenvalue weighted by atomic mass is 16.5. The number of rotatable bonds is 9. The van der Waals surface area contributed by atoms with Crippen molar-refractivity contribution < 1.29 is 19.1 Å². The summed E-state index contributed by atoms with van der Waals surface area (Å²) in [5.41, 5.74) is 2.48. The Morgan fingerprint density at radius 2 is 1.97 bits per heavy atom. The highest BCUT2D eigenvalue weighted by molar-refractivity contribution is 5.94. The van der Waals surface area contributed by atoms with E-state index in [4.69, 9.17) is 9.47 Å². The maximum atomic E-state index is 12.8. The van der Waals surface area contributed by atoms with Gasteiger partial charge in [-0.25, -0.2) is 4.79 Å². The number of hydrogen-bond acceptors (Lipinski definition) is 4.